The number of hydrogen-bond acceptors (Lipinski definition) is 2. The highest BCUT2D eigenvalue weighted by Crippen LogP contribution is 2.24. The summed E-state index contributed by atoms with van der Waals surface area (Å²) in [7, 11) is 0. The van der Waals surface area contributed by atoms with Crippen molar-refractivity contribution >= 4 is 12.6 Å². The van der Waals surface area contributed by atoms with E-state index < -0.39 is 0 Å². The molecule has 1 aromatic rings. The van der Waals surface area contributed by atoms with Crippen molar-refractivity contribution in [1.29, 1.82) is 0 Å². The van der Waals surface area contributed by atoms with Crippen LogP contribution in [0.2, 0.25) is 0 Å². The number of benzene rings is 1. The van der Waals surface area contributed by atoms with Crippen molar-refractivity contribution in [3.63, 3.8) is 0 Å². The summed E-state index contributed by atoms with van der Waals surface area (Å²) in [5, 5.41) is 9.37. The SMILES string of the molecule is CCCc1c(O)cccc1S. The molecule has 1 nitrogen and oxygen atoms in total. The summed E-state index contributed by atoms with van der Waals surface area (Å²) < 4.78 is 0. The van der Waals surface area contributed by atoms with Crippen molar-refractivity contribution in [2.75, 3.05) is 0 Å². The summed E-state index contributed by atoms with van der Waals surface area (Å²) in [5.74, 6) is 0.361. The standard InChI is InChI=1S/C9H12OS/c1-2-4-7-8(10)5-3-6-9(7)11/h3,5-6,10-11H,2,4H2,1H3. The Morgan fingerprint density at radius 1 is 1.45 bits per heavy atom. The van der Waals surface area contributed by atoms with E-state index in [2.05, 4.69) is 19.6 Å². The first-order chi connectivity index (χ1) is 5.25. The molecule has 0 aromatic heterocycles. The summed E-state index contributed by atoms with van der Waals surface area (Å²) in [6.45, 7) is 2.08. The molecule has 0 amide bonds. The molecular formula is C9H12OS. The van der Waals surface area contributed by atoms with Crippen molar-refractivity contribution in [2.24, 2.45) is 0 Å². The van der Waals surface area contributed by atoms with Crippen LogP contribution >= 0.6 is 12.6 Å². The van der Waals surface area contributed by atoms with Gasteiger partial charge in [0.2, 0.25) is 0 Å². The molecule has 1 aromatic carbocycles. The van der Waals surface area contributed by atoms with Crippen LogP contribution in [0.3, 0.4) is 0 Å². The minimum atomic E-state index is 0.361. The van der Waals surface area contributed by atoms with E-state index in [1.165, 1.54) is 0 Å². The number of phenolic OH excluding ortho intramolecular Hbond substituents is 1. The van der Waals surface area contributed by atoms with Gasteiger partial charge in [-0.25, -0.2) is 0 Å². The van der Waals surface area contributed by atoms with Crippen LogP contribution in [0.15, 0.2) is 23.1 Å². The van der Waals surface area contributed by atoms with Gasteiger partial charge in [0.05, 0.1) is 0 Å². The Morgan fingerprint density at radius 3 is 2.73 bits per heavy atom. The molecule has 0 aliphatic rings. The first-order valence-corrected chi connectivity index (χ1v) is 4.20. The van der Waals surface area contributed by atoms with Crippen LogP contribution in [0.4, 0.5) is 0 Å². The normalized spacial score (nSPS) is 10.0. The van der Waals surface area contributed by atoms with E-state index in [4.69, 9.17) is 0 Å². The predicted molar refractivity (Wildman–Crippen MR) is 49.4 cm³/mol. The molecule has 1 N–H and O–H groups in total. The quantitative estimate of drug-likeness (QED) is 0.650. The van der Waals surface area contributed by atoms with Crippen molar-refractivity contribution < 1.29 is 5.11 Å². The van der Waals surface area contributed by atoms with Crippen LogP contribution in [0.25, 0.3) is 0 Å². The van der Waals surface area contributed by atoms with Crippen molar-refractivity contribution in [2.45, 2.75) is 24.7 Å². The fourth-order valence-electron chi connectivity index (χ4n) is 1.07. The van der Waals surface area contributed by atoms with Crippen molar-refractivity contribution in [3.05, 3.63) is 23.8 Å². The third-order valence-corrected chi connectivity index (χ3v) is 2.05. The van der Waals surface area contributed by atoms with Crippen LogP contribution in [0.5, 0.6) is 5.75 Å². The molecule has 0 aliphatic heterocycles. The van der Waals surface area contributed by atoms with E-state index in [0.29, 0.717) is 5.75 Å². The monoisotopic (exact) mass is 168 g/mol. The summed E-state index contributed by atoms with van der Waals surface area (Å²) in [6.07, 6.45) is 1.93. The zero-order chi connectivity index (χ0) is 8.27. The van der Waals surface area contributed by atoms with Gasteiger partial charge in [-0.2, -0.15) is 0 Å². The lowest BCUT2D eigenvalue weighted by Crippen LogP contribution is -1.85. The number of hydrogen-bond donors (Lipinski definition) is 2. The molecule has 0 heterocycles. The van der Waals surface area contributed by atoms with Gasteiger partial charge in [0, 0.05) is 10.5 Å². The van der Waals surface area contributed by atoms with Gasteiger partial charge < -0.3 is 5.11 Å². The second kappa shape index (κ2) is 3.67. The summed E-state index contributed by atoms with van der Waals surface area (Å²) in [6, 6.07) is 5.40. The zero-order valence-corrected chi connectivity index (χ0v) is 7.44. The molecule has 0 fully saturated rings. The van der Waals surface area contributed by atoms with Gasteiger partial charge in [0.15, 0.2) is 0 Å². The Bertz CT molecular complexity index is 225. The summed E-state index contributed by atoms with van der Waals surface area (Å²) in [5.41, 5.74) is 0.957. The zero-order valence-electron chi connectivity index (χ0n) is 6.54. The van der Waals surface area contributed by atoms with Crippen molar-refractivity contribution in [3.8, 4) is 5.75 Å². The van der Waals surface area contributed by atoms with E-state index >= 15 is 0 Å². The lowest BCUT2D eigenvalue weighted by molar-refractivity contribution is 0.465. The van der Waals surface area contributed by atoms with Gasteiger partial charge in [-0.15, -0.1) is 12.6 Å². The Labute approximate surface area is 72.5 Å². The molecule has 1 rings (SSSR count). The molecule has 0 unspecified atom stereocenters. The molecule has 0 saturated carbocycles. The van der Waals surface area contributed by atoms with Crippen LogP contribution in [0, 0.1) is 0 Å². The fourth-order valence-corrected chi connectivity index (χ4v) is 1.38. The first kappa shape index (κ1) is 8.47. The predicted octanol–water partition coefficient (Wildman–Crippen LogP) is 2.63. The molecule has 60 valence electrons. The lowest BCUT2D eigenvalue weighted by Gasteiger charge is -2.04. The number of aromatic hydroxyl groups is 1. The van der Waals surface area contributed by atoms with Gasteiger partial charge in [0.1, 0.15) is 5.75 Å². The van der Waals surface area contributed by atoms with Crippen LogP contribution in [0.1, 0.15) is 18.9 Å². The fraction of sp³-hybridized carbons (Fsp3) is 0.333. The Morgan fingerprint density at radius 2 is 2.18 bits per heavy atom. The van der Waals surface area contributed by atoms with E-state index in [1.54, 1.807) is 12.1 Å². The molecule has 0 bridgehead atoms. The Balaban J connectivity index is 3.00. The van der Waals surface area contributed by atoms with Crippen LogP contribution in [-0.2, 0) is 6.42 Å². The highest BCUT2D eigenvalue weighted by atomic mass is 32.1. The Kier molecular flexibility index (Phi) is 2.83. The van der Waals surface area contributed by atoms with Gasteiger partial charge in [0.25, 0.3) is 0 Å². The van der Waals surface area contributed by atoms with E-state index in [1.807, 2.05) is 6.07 Å². The average molecular weight is 168 g/mol. The van der Waals surface area contributed by atoms with Crippen molar-refractivity contribution in [1.82, 2.24) is 0 Å². The second-order valence-corrected chi connectivity index (χ2v) is 3.01. The van der Waals surface area contributed by atoms with Gasteiger partial charge >= 0.3 is 0 Å². The van der Waals surface area contributed by atoms with E-state index in [9.17, 15) is 5.11 Å². The highest BCUT2D eigenvalue weighted by molar-refractivity contribution is 7.80. The third-order valence-electron chi connectivity index (χ3n) is 1.63. The minimum Gasteiger partial charge on any atom is -0.508 e. The maximum atomic E-state index is 9.37. The van der Waals surface area contributed by atoms with E-state index in [-0.39, 0.29) is 0 Å². The molecule has 0 radical (unpaired) electrons. The first-order valence-electron chi connectivity index (χ1n) is 3.75. The van der Waals surface area contributed by atoms with Gasteiger partial charge in [-0.3, -0.25) is 0 Å². The molecule has 0 spiro atoms. The lowest BCUT2D eigenvalue weighted by atomic mass is 10.1. The van der Waals surface area contributed by atoms with Crippen LogP contribution < -0.4 is 0 Å². The highest BCUT2D eigenvalue weighted by Gasteiger charge is 2.02. The topological polar surface area (TPSA) is 20.2 Å². The third kappa shape index (κ3) is 1.90. The van der Waals surface area contributed by atoms with Gasteiger partial charge in [-0.05, 0) is 18.6 Å². The molecule has 0 atom stereocenters. The maximum Gasteiger partial charge on any atom is 0.119 e. The second-order valence-electron chi connectivity index (χ2n) is 2.52. The van der Waals surface area contributed by atoms with E-state index in [0.717, 1.165) is 23.3 Å². The number of phenols is 1. The summed E-state index contributed by atoms with van der Waals surface area (Å²) >= 11 is 4.24. The molecule has 0 aliphatic carbocycles. The number of rotatable bonds is 2. The van der Waals surface area contributed by atoms with Crippen LogP contribution in [-0.4, -0.2) is 5.11 Å². The largest absolute Gasteiger partial charge is 0.508 e. The molecule has 0 saturated heterocycles. The maximum absolute atomic E-state index is 9.37. The Hall–Kier alpha value is -0.630. The summed E-state index contributed by atoms with van der Waals surface area (Å²) in [4.78, 5) is 0.881. The number of thiol groups is 1. The van der Waals surface area contributed by atoms with Gasteiger partial charge in [-0.1, -0.05) is 19.4 Å². The average Bonchev–Trinajstić information content (AvgIpc) is 1.97. The smallest absolute Gasteiger partial charge is 0.119 e. The molecular weight excluding hydrogens is 156 g/mol. The molecule has 11 heavy (non-hydrogen) atoms. The molecule has 2 heteroatoms. The minimum absolute atomic E-state index is 0.361.